The van der Waals surface area contributed by atoms with Crippen molar-refractivity contribution in [2.45, 2.75) is 0 Å². The number of halogens is 3. The van der Waals surface area contributed by atoms with Crippen molar-refractivity contribution in [2.75, 3.05) is 0 Å². The summed E-state index contributed by atoms with van der Waals surface area (Å²) in [6.07, 6.45) is 0. The fourth-order valence-corrected chi connectivity index (χ4v) is 1.09. The molecule has 0 aromatic heterocycles. The lowest BCUT2D eigenvalue weighted by molar-refractivity contribution is -0.0796. The minimum atomic E-state index is -2.16. The fraction of sp³-hybridized carbons (Fsp3) is 0. The predicted octanol–water partition coefficient (Wildman–Crippen LogP) is 1.12. The molecule has 0 amide bonds. The zero-order valence-electron chi connectivity index (χ0n) is 7.70. The number of phenols is 2. The molecule has 9 heteroatoms. The van der Waals surface area contributed by atoms with Gasteiger partial charge < -0.3 is 15.3 Å². The third kappa shape index (κ3) is 1.82. The summed E-state index contributed by atoms with van der Waals surface area (Å²) in [5.41, 5.74) is -3.23. The molecular formula is C8H3F3O6. The van der Waals surface area contributed by atoms with Crippen molar-refractivity contribution in [1.82, 2.24) is 0 Å². The van der Waals surface area contributed by atoms with E-state index in [1.807, 2.05) is 0 Å². The molecule has 0 unspecified atom stereocenters. The van der Waals surface area contributed by atoms with Crippen molar-refractivity contribution in [1.29, 1.82) is 0 Å². The van der Waals surface area contributed by atoms with Gasteiger partial charge in [-0.2, -0.15) is 0 Å². The minimum absolute atomic E-state index is 1.49. The van der Waals surface area contributed by atoms with Gasteiger partial charge in [0.1, 0.15) is 11.1 Å². The zero-order valence-corrected chi connectivity index (χ0v) is 7.70. The number of aromatic carboxylic acids is 1. The second-order valence-corrected chi connectivity index (χ2v) is 2.74. The van der Waals surface area contributed by atoms with E-state index in [0.29, 0.717) is 0 Å². The van der Waals surface area contributed by atoms with Crippen LogP contribution >= 0.6 is 0 Å². The Hall–Kier alpha value is -2.45. The highest BCUT2D eigenvalue weighted by Gasteiger charge is 2.32. The third-order valence-electron chi connectivity index (χ3n) is 1.82. The Morgan fingerprint density at radius 2 is 1.41 bits per heavy atom. The van der Waals surface area contributed by atoms with Crippen LogP contribution in [0.5, 0.6) is 11.5 Å². The Balaban J connectivity index is 3.70. The summed E-state index contributed by atoms with van der Waals surface area (Å²) in [6, 6.07) is 0. The Labute approximate surface area is 90.4 Å². The molecule has 0 saturated carbocycles. The first-order valence-corrected chi connectivity index (χ1v) is 3.82. The van der Waals surface area contributed by atoms with Crippen LogP contribution in [0.15, 0.2) is 0 Å². The van der Waals surface area contributed by atoms with Gasteiger partial charge in [0.15, 0.2) is 23.1 Å². The van der Waals surface area contributed by atoms with Crippen LogP contribution in [0.1, 0.15) is 20.7 Å². The van der Waals surface area contributed by atoms with Gasteiger partial charge in [0.2, 0.25) is 0 Å². The van der Waals surface area contributed by atoms with Gasteiger partial charge in [-0.15, -0.1) is 0 Å². The molecule has 6 nitrogen and oxygen atoms in total. The SMILES string of the molecule is O=C(O)c1c(O)c(F)c(C(=O)OF)c(F)c1O. The average Bonchev–Trinajstić information content (AvgIpc) is 2.26. The largest absolute Gasteiger partial charge is 0.504 e. The van der Waals surface area contributed by atoms with Gasteiger partial charge >= 0.3 is 11.9 Å². The molecular weight excluding hydrogens is 249 g/mol. The minimum Gasteiger partial charge on any atom is -0.504 e. The van der Waals surface area contributed by atoms with Crippen LogP contribution in [0.25, 0.3) is 0 Å². The Morgan fingerprint density at radius 3 is 1.71 bits per heavy atom. The van der Waals surface area contributed by atoms with Crippen LogP contribution in [-0.4, -0.2) is 27.3 Å². The van der Waals surface area contributed by atoms with Crippen molar-refractivity contribution in [3.05, 3.63) is 22.8 Å². The molecule has 17 heavy (non-hydrogen) atoms. The number of carboxylic acid groups (broad SMARTS) is 1. The fourth-order valence-electron chi connectivity index (χ4n) is 1.09. The number of hydrogen-bond acceptors (Lipinski definition) is 5. The Morgan fingerprint density at radius 1 is 1.00 bits per heavy atom. The van der Waals surface area contributed by atoms with E-state index in [2.05, 4.69) is 4.94 Å². The van der Waals surface area contributed by atoms with Crippen LogP contribution < -0.4 is 0 Å². The van der Waals surface area contributed by atoms with E-state index in [1.165, 1.54) is 0 Å². The monoisotopic (exact) mass is 252 g/mol. The summed E-state index contributed by atoms with van der Waals surface area (Å²) in [5.74, 6) is -11.7. The molecule has 0 radical (unpaired) electrons. The van der Waals surface area contributed by atoms with E-state index < -0.39 is 46.2 Å². The van der Waals surface area contributed by atoms with Gasteiger partial charge in [-0.3, -0.25) is 0 Å². The highest BCUT2D eigenvalue weighted by atomic mass is 19.3. The summed E-state index contributed by atoms with van der Waals surface area (Å²) in [6.45, 7) is 0. The van der Waals surface area contributed by atoms with Gasteiger partial charge in [-0.05, 0) is 0 Å². The standard InChI is InChI=1S/C8H3F3O6/c9-3-1(8(16)17-11)4(10)6(13)2(5(3)12)7(14)15/h12-13H,(H,14,15). The average molecular weight is 252 g/mol. The first-order valence-electron chi connectivity index (χ1n) is 3.82. The first-order chi connectivity index (χ1) is 7.82. The quantitative estimate of drug-likeness (QED) is 0.728. The summed E-state index contributed by atoms with van der Waals surface area (Å²) in [4.78, 5) is 23.6. The van der Waals surface area contributed by atoms with Crippen LogP contribution in [0.3, 0.4) is 0 Å². The summed E-state index contributed by atoms with van der Waals surface area (Å²) in [5, 5.41) is 26.4. The number of benzene rings is 1. The molecule has 0 aliphatic rings. The van der Waals surface area contributed by atoms with Gasteiger partial charge in [-0.25, -0.2) is 23.3 Å². The van der Waals surface area contributed by atoms with Crippen molar-refractivity contribution < 1.29 is 43.2 Å². The smallest absolute Gasteiger partial charge is 0.385 e. The van der Waals surface area contributed by atoms with Crippen molar-refractivity contribution in [2.24, 2.45) is 0 Å². The lowest BCUT2D eigenvalue weighted by Crippen LogP contribution is -2.10. The Bertz CT molecular complexity index is 483. The van der Waals surface area contributed by atoms with Crippen LogP contribution in [0.2, 0.25) is 0 Å². The van der Waals surface area contributed by atoms with Crippen LogP contribution in [0.4, 0.5) is 13.3 Å². The number of carbonyl (C=O) groups is 2. The zero-order chi connectivity index (χ0) is 13.3. The maximum atomic E-state index is 13.2. The van der Waals surface area contributed by atoms with E-state index in [-0.39, 0.29) is 0 Å². The van der Waals surface area contributed by atoms with Crippen LogP contribution in [-0.2, 0) is 4.94 Å². The first kappa shape index (κ1) is 12.6. The van der Waals surface area contributed by atoms with Crippen molar-refractivity contribution in [3.63, 3.8) is 0 Å². The highest BCUT2D eigenvalue weighted by Crippen LogP contribution is 2.36. The van der Waals surface area contributed by atoms with E-state index in [9.17, 15) is 22.9 Å². The molecule has 0 saturated heterocycles. The maximum Gasteiger partial charge on any atom is 0.385 e. The molecule has 0 bridgehead atoms. The van der Waals surface area contributed by atoms with Gasteiger partial charge in [0, 0.05) is 4.53 Å². The molecule has 0 fully saturated rings. The van der Waals surface area contributed by atoms with E-state index in [1.54, 1.807) is 0 Å². The second-order valence-electron chi connectivity index (χ2n) is 2.74. The maximum absolute atomic E-state index is 13.2. The number of aromatic hydroxyl groups is 2. The van der Waals surface area contributed by atoms with Gasteiger partial charge in [0.05, 0.1) is 0 Å². The normalized spacial score (nSPS) is 10.1. The molecule has 1 aromatic rings. The second kappa shape index (κ2) is 4.20. The lowest BCUT2D eigenvalue weighted by Gasteiger charge is -2.08. The molecule has 1 rings (SSSR count). The van der Waals surface area contributed by atoms with Crippen molar-refractivity contribution in [3.8, 4) is 11.5 Å². The van der Waals surface area contributed by atoms with Gasteiger partial charge in [0.25, 0.3) is 0 Å². The molecule has 1 aromatic carbocycles. The van der Waals surface area contributed by atoms with E-state index in [4.69, 9.17) is 15.3 Å². The lowest BCUT2D eigenvalue weighted by atomic mass is 10.1. The van der Waals surface area contributed by atoms with Gasteiger partial charge in [-0.1, -0.05) is 0 Å². The third-order valence-corrected chi connectivity index (χ3v) is 1.82. The van der Waals surface area contributed by atoms with Crippen LogP contribution in [0, 0.1) is 11.6 Å². The summed E-state index contributed by atoms with van der Waals surface area (Å²) >= 11 is 0. The number of rotatable bonds is 2. The highest BCUT2D eigenvalue weighted by molar-refractivity contribution is 5.98. The Kier molecular flexibility index (Phi) is 3.12. The molecule has 0 heterocycles. The summed E-state index contributed by atoms with van der Waals surface area (Å²) < 4.78 is 37.8. The molecule has 0 spiro atoms. The number of carbonyl (C=O) groups excluding carboxylic acids is 1. The molecule has 0 aliphatic heterocycles. The topological polar surface area (TPSA) is 104 Å². The molecule has 3 N–H and O–H groups in total. The number of hydrogen-bond donors (Lipinski definition) is 3. The molecule has 0 aliphatic carbocycles. The van der Waals surface area contributed by atoms with Crippen molar-refractivity contribution >= 4 is 11.9 Å². The summed E-state index contributed by atoms with van der Waals surface area (Å²) in [7, 11) is 0. The van der Waals surface area contributed by atoms with E-state index in [0.717, 1.165) is 0 Å². The molecule has 0 atom stereocenters. The predicted molar refractivity (Wildman–Crippen MR) is 43.2 cm³/mol. The molecule has 92 valence electrons. The number of carboxylic acids is 1. The van der Waals surface area contributed by atoms with E-state index >= 15 is 0 Å².